The maximum Gasteiger partial charge on any atom is 0.393 e. The lowest BCUT2D eigenvalue weighted by atomic mass is 9.84. The lowest BCUT2D eigenvalue weighted by Gasteiger charge is -2.34. The Labute approximate surface area is 116 Å². The second-order valence-electron chi connectivity index (χ2n) is 5.61. The van der Waals surface area contributed by atoms with Crippen molar-refractivity contribution < 1.29 is 22.7 Å². The van der Waals surface area contributed by atoms with Crippen LogP contribution >= 0.6 is 0 Å². The Balaban J connectivity index is 1.92. The summed E-state index contributed by atoms with van der Waals surface area (Å²) in [4.78, 5) is 12.0. The van der Waals surface area contributed by atoms with E-state index in [0.29, 0.717) is 38.6 Å². The molecule has 4 unspecified atom stereocenters. The number of halogens is 3. The van der Waals surface area contributed by atoms with Crippen LogP contribution in [-0.2, 0) is 9.53 Å². The number of ether oxygens (including phenoxy) is 1. The summed E-state index contributed by atoms with van der Waals surface area (Å²) in [6, 6.07) is -0.822. The smallest absolute Gasteiger partial charge is 0.364 e. The van der Waals surface area contributed by atoms with Crippen molar-refractivity contribution in [2.45, 2.75) is 63.0 Å². The van der Waals surface area contributed by atoms with Gasteiger partial charge < -0.3 is 15.8 Å². The Kier molecular flexibility index (Phi) is 4.90. The van der Waals surface area contributed by atoms with E-state index in [1.54, 1.807) is 0 Å². The van der Waals surface area contributed by atoms with Crippen molar-refractivity contribution in [3.05, 3.63) is 0 Å². The number of hydrogen-bond donors (Lipinski definition) is 2. The van der Waals surface area contributed by atoms with E-state index in [1.807, 2.05) is 0 Å². The zero-order valence-corrected chi connectivity index (χ0v) is 11.3. The zero-order chi connectivity index (χ0) is 14.8. The number of alkyl halides is 3. The Bertz CT molecular complexity index is 349. The van der Waals surface area contributed by atoms with Crippen LogP contribution in [0.4, 0.5) is 13.2 Å². The molecule has 1 heterocycles. The Hall–Kier alpha value is -0.820. The Morgan fingerprint density at radius 3 is 2.50 bits per heavy atom. The van der Waals surface area contributed by atoms with Gasteiger partial charge in [0.2, 0.25) is 5.91 Å². The molecule has 1 saturated carbocycles. The molecule has 1 amide bonds. The fourth-order valence-corrected chi connectivity index (χ4v) is 3.04. The minimum Gasteiger partial charge on any atom is -0.364 e. The van der Waals surface area contributed by atoms with Gasteiger partial charge in [-0.15, -0.1) is 0 Å². The van der Waals surface area contributed by atoms with Crippen molar-refractivity contribution in [1.29, 1.82) is 0 Å². The number of nitrogens with one attached hydrogen (secondary N) is 1. The first-order valence-electron chi connectivity index (χ1n) is 7.14. The molecule has 2 rings (SSSR count). The molecule has 1 aliphatic carbocycles. The molecule has 7 heteroatoms. The lowest BCUT2D eigenvalue weighted by molar-refractivity contribution is -0.189. The summed E-state index contributed by atoms with van der Waals surface area (Å²) in [5.41, 5.74) is 5.45. The van der Waals surface area contributed by atoms with E-state index in [0.717, 1.165) is 0 Å². The molecule has 1 saturated heterocycles. The Morgan fingerprint density at radius 2 is 1.90 bits per heavy atom. The van der Waals surface area contributed by atoms with Gasteiger partial charge in [-0.2, -0.15) is 13.2 Å². The van der Waals surface area contributed by atoms with Gasteiger partial charge in [-0.05, 0) is 25.7 Å². The highest BCUT2D eigenvalue weighted by atomic mass is 19.4. The van der Waals surface area contributed by atoms with Crippen LogP contribution in [0.25, 0.3) is 0 Å². The van der Waals surface area contributed by atoms with Gasteiger partial charge >= 0.3 is 6.18 Å². The first-order chi connectivity index (χ1) is 9.41. The van der Waals surface area contributed by atoms with Gasteiger partial charge in [-0.1, -0.05) is 12.8 Å². The van der Waals surface area contributed by atoms with Crippen LogP contribution < -0.4 is 11.1 Å². The number of hydrogen-bond acceptors (Lipinski definition) is 3. The zero-order valence-electron chi connectivity index (χ0n) is 11.3. The third kappa shape index (κ3) is 3.63. The number of rotatable bonds is 3. The molecule has 4 atom stereocenters. The third-order valence-corrected chi connectivity index (χ3v) is 4.18. The van der Waals surface area contributed by atoms with Gasteiger partial charge in [0.1, 0.15) is 6.10 Å². The van der Waals surface area contributed by atoms with Gasteiger partial charge in [-0.25, -0.2) is 0 Å². The highest BCUT2D eigenvalue weighted by Gasteiger charge is 2.46. The second kappa shape index (κ2) is 6.30. The van der Waals surface area contributed by atoms with Crippen molar-refractivity contribution >= 4 is 5.91 Å². The second-order valence-corrected chi connectivity index (χ2v) is 5.61. The summed E-state index contributed by atoms with van der Waals surface area (Å²) in [5.74, 6) is -1.87. The predicted octanol–water partition coefficient (Wildman–Crippen LogP) is 1.73. The van der Waals surface area contributed by atoms with E-state index < -0.39 is 30.1 Å². The van der Waals surface area contributed by atoms with Crippen LogP contribution in [0.2, 0.25) is 0 Å². The Morgan fingerprint density at radius 1 is 1.20 bits per heavy atom. The summed E-state index contributed by atoms with van der Waals surface area (Å²) in [6.07, 6.45) is -2.11. The molecule has 0 aromatic carbocycles. The molecule has 0 spiro atoms. The maximum atomic E-state index is 12.9. The van der Waals surface area contributed by atoms with Crippen molar-refractivity contribution in [1.82, 2.24) is 5.32 Å². The van der Waals surface area contributed by atoms with Crippen LogP contribution in [0.5, 0.6) is 0 Å². The highest BCUT2D eigenvalue weighted by Crippen LogP contribution is 2.37. The SMILES string of the molecule is NCC1CCC(C(=O)NC2CCCCC2C(F)(F)F)O1. The summed E-state index contributed by atoms with van der Waals surface area (Å²) >= 11 is 0. The summed E-state index contributed by atoms with van der Waals surface area (Å²) in [7, 11) is 0. The lowest BCUT2D eigenvalue weighted by Crippen LogP contribution is -2.50. The van der Waals surface area contributed by atoms with Crippen LogP contribution in [0.1, 0.15) is 38.5 Å². The number of carbonyl (C=O) groups is 1. The first-order valence-corrected chi connectivity index (χ1v) is 7.14. The van der Waals surface area contributed by atoms with Crippen molar-refractivity contribution in [3.63, 3.8) is 0 Å². The average molecular weight is 294 g/mol. The van der Waals surface area contributed by atoms with Gasteiger partial charge in [0.15, 0.2) is 0 Å². The molecule has 3 N–H and O–H groups in total. The molecule has 116 valence electrons. The van der Waals surface area contributed by atoms with Crippen molar-refractivity contribution in [2.24, 2.45) is 11.7 Å². The first kappa shape index (κ1) is 15.6. The van der Waals surface area contributed by atoms with Crippen molar-refractivity contribution in [3.8, 4) is 0 Å². The summed E-state index contributed by atoms with van der Waals surface area (Å²) < 4.78 is 44.2. The highest BCUT2D eigenvalue weighted by molar-refractivity contribution is 5.81. The van der Waals surface area contributed by atoms with E-state index in [1.165, 1.54) is 0 Å². The molecule has 0 aromatic heterocycles. The number of nitrogens with two attached hydrogens (primary N) is 1. The normalized spacial score (nSPS) is 35.0. The van der Waals surface area contributed by atoms with Gasteiger partial charge in [0.25, 0.3) is 0 Å². The fourth-order valence-electron chi connectivity index (χ4n) is 3.04. The number of carbonyl (C=O) groups excluding carboxylic acids is 1. The third-order valence-electron chi connectivity index (χ3n) is 4.18. The molecule has 0 aromatic rings. The van der Waals surface area contributed by atoms with Crippen LogP contribution in [0.15, 0.2) is 0 Å². The van der Waals surface area contributed by atoms with Gasteiger partial charge in [0.05, 0.1) is 12.0 Å². The fraction of sp³-hybridized carbons (Fsp3) is 0.923. The molecular weight excluding hydrogens is 273 g/mol. The molecular formula is C13H21F3N2O2. The minimum absolute atomic E-state index is 0.0887. The summed E-state index contributed by atoms with van der Waals surface area (Å²) in [6.45, 7) is 0.332. The van der Waals surface area contributed by atoms with E-state index in [2.05, 4.69) is 5.32 Å². The molecule has 1 aliphatic heterocycles. The standard InChI is InChI=1S/C13H21F3N2O2/c14-13(15,16)9-3-1-2-4-10(9)18-12(19)11-6-5-8(7-17)20-11/h8-11H,1-7,17H2,(H,18,19). The number of amides is 1. The molecule has 0 bridgehead atoms. The largest absolute Gasteiger partial charge is 0.393 e. The molecule has 0 radical (unpaired) electrons. The average Bonchev–Trinajstić information content (AvgIpc) is 2.87. The topological polar surface area (TPSA) is 64.4 Å². The molecule has 4 nitrogen and oxygen atoms in total. The van der Waals surface area contributed by atoms with E-state index in [9.17, 15) is 18.0 Å². The summed E-state index contributed by atoms with van der Waals surface area (Å²) in [5, 5.41) is 2.54. The van der Waals surface area contributed by atoms with E-state index in [4.69, 9.17) is 10.5 Å². The maximum absolute atomic E-state index is 12.9. The van der Waals surface area contributed by atoms with Crippen molar-refractivity contribution in [2.75, 3.05) is 6.54 Å². The minimum atomic E-state index is -4.26. The quantitative estimate of drug-likeness (QED) is 0.833. The predicted molar refractivity (Wildman–Crippen MR) is 66.9 cm³/mol. The van der Waals surface area contributed by atoms with Gasteiger partial charge in [0, 0.05) is 12.6 Å². The van der Waals surface area contributed by atoms with Crippen LogP contribution in [0, 0.1) is 5.92 Å². The van der Waals surface area contributed by atoms with Gasteiger partial charge in [-0.3, -0.25) is 4.79 Å². The molecule has 2 aliphatic rings. The van der Waals surface area contributed by atoms with Crippen LogP contribution in [0.3, 0.4) is 0 Å². The van der Waals surface area contributed by atoms with E-state index >= 15 is 0 Å². The molecule has 2 fully saturated rings. The monoisotopic (exact) mass is 294 g/mol. The van der Waals surface area contributed by atoms with Crippen LogP contribution in [-0.4, -0.2) is 36.9 Å². The van der Waals surface area contributed by atoms with E-state index in [-0.39, 0.29) is 12.5 Å². The molecule has 20 heavy (non-hydrogen) atoms.